The third-order valence-corrected chi connectivity index (χ3v) is 4.55. The van der Waals surface area contributed by atoms with Crippen LogP contribution in [0.3, 0.4) is 0 Å². The van der Waals surface area contributed by atoms with Crippen molar-refractivity contribution < 1.29 is 0 Å². The van der Waals surface area contributed by atoms with Gasteiger partial charge in [0, 0.05) is 57.3 Å². The van der Waals surface area contributed by atoms with Crippen LogP contribution in [0.25, 0.3) is 0 Å². The fraction of sp³-hybridized carbons (Fsp3) is 0.474. The minimum Gasteiger partial charge on any atom is -0.369 e. The van der Waals surface area contributed by atoms with Crippen LogP contribution in [0.2, 0.25) is 0 Å². The number of rotatable bonds is 6. The highest BCUT2D eigenvalue weighted by Gasteiger charge is 2.23. The summed E-state index contributed by atoms with van der Waals surface area (Å²) in [7, 11) is 1.83. The van der Waals surface area contributed by atoms with Gasteiger partial charge < -0.3 is 15.5 Å². The normalized spacial score (nSPS) is 19.0. The van der Waals surface area contributed by atoms with E-state index < -0.39 is 0 Å². The van der Waals surface area contributed by atoms with Crippen molar-refractivity contribution in [2.75, 3.05) is 31.6 Å². The highest BCUT2D eigenvalue weighted by Crippen LogP contribution is 2.19. The zero-order valence-electron chi connectivity index (χ0n) is 15.1. The van der Waals surface area contributed by atoms with E-state index >= 15 is 0 Å². The van der Waals surface area contributed by atoms with E-state index in [-0.39, 0.29) is 0 Å². The van der Waals surface area contributed by atoms with Gasteiger partial charge >= 0.3 is 0 Å². The van der Waals surface area contributed by atoms with Crippen LogP contribution in [0.4, 0.5) is 5.69 Å². The smallest absolute Gasteiger partial charge is 0.191 e. The predicted molar refractivity (Wildman–Crippen MR) is 103 cm³/mol. The summed E-state index contributed by atoms with van der Waals surface area (Å²) in [5, 5.41) is 11.3. The number of hydrogen-bond acceptors (Lipinski definition) is 3. The summed E-state index contributed by atoms with van der Waals surface area (Å²) < 4.78 is 1.97. The Hall–Kier alpha value is -2.50. The monoisotopic (exact) mass is 340 g/mol. The minimum absolute atomic E-state index is 0.424. The standard InChI is InChI=1S/C19H28N6/c1-16(14-25-11-6-10-22-25)13-21-19(20-2)23-17-9-12-24(15-17)18-7-4-3-5-8-18/h3-8,10-11,16-17H,9,12-15H2,1-2H3,(H2,20,21,23). The fourth-order valence-electron chi connectivity index (χ4n) is 3.20. The molecule has 0 aliphatic carbocycles. The first-order valence-corrected chi connectivity index (χ1v) is 8.99. The zero-order valence-corrected chi connectivity index (χ0v) is 15.1. The number of benzene rings is 1. The van der Waals surface area contributed by atoms with Crippen molar-refractivity contribution in [1.82, 2.24) is 20.4 Å². The Morgan fingerprint density at radius 1 is 1.32 bits per heavy atom. The van der Waals surface area contributed by atoms with Gasteiger partial charge in [-0.25, -0.2) is 0 Å². The lowest BCUT2D eigenvalue weighted by molar-refractivity contribution is 0.442. The lowest BCUT2D eigenvalue weighted by atomic mass is 10.2. The first-order chi connectivity index (χ1) is 12.2. The maximum atomic E-state index is 4.37. The first kappa shape index (κ1) is 17.3. The summed E-state index contributed by atoms with van der Waals surface area (Å²) in [5.74, 6) is 1.36. The van der Waals surface area contributed by atoms with Crippen molar-refractivity contribution in [3.8, 4) is 0 Å². The topological polar surface area (TPSA) is 57.5 Å². The van der Waals surface area contributed by atoms with Crippen molar-refractivity contribution in [2.45, 2.75) is 25.9 Å². The third-order valence-electron chi connectivity index (χ3n) is 4.55. The van der Waals surface area contributed by atoms with Crippen molar-refractivity contribution >= 4 is 11.6 Å². The molecule has 1 aliphatic rings. The minimum atomic E-state index is 0.424. The molecule has 2 heterocycles. The molecule has 0 radical (unpaired) electrons. The highest BCUT2D eigenvalue weighted by molar-refractivity contribution is 5.80. The third kappa shape index (κ3) is 4.98. The number of nitrogens with one attached hydrogen (secondary N) is 2. The van der Waals surface area contributed by atoms with E-state index in [4.69, 9.17) is 0 Å². The number of aliphatic imine (C=N–C) groups is 1. The van der Waals surface area contributed by atoms with Crippen molar-refractivity contribution in [2.24, 2.45) is 10.9 Å². The largest absolute Gasteiger partial charge is 0.369 e. The molecule has 1 aromatic carbocycles. The Morgan fingerprint density at radius 3 is 2.88 bits per heavy atom. The molecule has 134 valence electrons. The maximum absolute atomic E-state index is 4.37. The van der Waals surface area contributed by atoms with E-state index in [1.165, 1.54) is 5.69 Å². The molecule has 25 heavy (non-hydrogen) atoms. The molecular formula is C19H28N6. The van der Waals surface area contributed by atoms with Crippen LogP contribution in [0.1, 0.15) is 13.3 Å². The zero-order chi connectivity index (χ0) is 17.5. The van der Waals surface area contributed by atoms with Gasteiger partial charge in [0.1, 0.15) is 0 Å². The van der Waals surface area contributed by atoms with Crippen LogP contribution in [0.15, 0.2) is 53.8 Å². The first-order valence-electron chi connectivity index (χ1n) is 8.99. The van der Waals surface area contributed by atoms with E-state index in [2.05, 4.69) is 62.9 Å². The van der Waals surface area contributed by atoms with Crippen LogP contribution < -0.4 is 15.5 Å². The summed E-state index contributed by atoms with van der Waals surface area (Å²) in [6.07, 6.45) is 4.94. The lowest BCUT2D eigenvalue weighted by Gasteiger charge is -2.21. The molecule has 2 atom stereocenters. The van der Waals surface area contributed by atoms with Crippen LogP contribution in [-0.2, 0) is 6.54 Å². The molecule has 2 N–H and O–H groups in total. The SMILES string of the molecule is CN=C(NCC(C)Cn1cccn1)NC1CCN(c2ccccc2)C1. The molecule has 0 saturated carbocycles. The number of anilines is 1. The average molecular weight is 340 g/mol. The maximum Gasteiger partial charge on any atom is 0.191 e. The molecule has 1 aliphatic heterocycles. The van der Waals surface area contributed by atoms with E-state index in [1.807, 2.05) is 30.2 Å². The van der Waals surface area contributed by atoms with Gasteiger partial charge in [0.15, 0.2) is 5.96 Å². The molecule has 2 unspecified atom stereocenters. The Kier molecular flexibility index (Phi) is 5.93. The van der Waals surface area contributed by atoms with Crippen molar-refractivity contribution in [1.29, 1.82) is 0 Å². The van der Waals surface area contributed by atoms with Crippen molar-refractivity contribution in [3.05, 3.63) is 48.8 Å². The van der Waals surface area contributed by atoms with Crippen molar-refractivity contribution in [3.63, 3.8) is 0 Å². The van der Waals surface area contributed by atoms with E-state index in [9.17, 15) is 0 Å². The van der Waals surface area contributed by atoms with Gasteiger partial charge in [0.2, 0.25) is 0 Å². The molecule has 6 heteroatoms. The summed E-state index contributed by atoms with van der Waals surface area (Å²) in [5.41, 5.74) is 1.29. The number of nitrogens with zero attached hydrogens (tertiary/aromatic N) is 4. The number of aromatic nitrogens is 2. The Bertz CT molecular complexity index is 652. The van der Waals surface area contributed by atoms with Gasteiger partial charge in [-0.2, -0.15) is 5.10 Å². The molecule has 0 bridgehead atoms. The van der Waals surface area contributed by atoms with Crippen LogP contribution in [0, 0.1) is 5.92 Å². The number of para-hydroxylation sites is 1. The molecular weight excluding hydrogens is 312 g/mol. The summed E-state index contributed by atoms with van der Waals surface area (Å²) in [4.78, 5) is 6.79. The molecule has 0 spiro atoms. The second kappa shape index (κ2) is 8.55. The molecule has 0 amide bonds. The van der Waals surface area contributed by atoms with Gasteiger partial charge in [0.05, 0.1) is 0 Å². The van der Waals surface area contributed by atoms with E-state index in [0.717, 1.165) is 38.6 Å². The van der Waals surface area contributed by atoms with Gasteiger partial charge in [0.25, 0.3) is 0 Å². The molecule has 2 aromatic rings. The molecule has 6 nitrogen and oxygen atoms in total. The Morgan fingerprint density at radius 2 is 2.16 bits per heavy atom. The predicted octanol–water partition coefficient (Wildman–Crippen LogP) is 1.96. The fourth-order valence-corrected chi connectivity index (χ4v) is 3.20. The van der Waals surface area contributed by atoms with Crippen LogP contribution in [0.5, 0.6) is 0 Å². The Balaban J connectivity index is 1.43. The average Bonchev–Trinajstić information content (AvgIpc) is 3.31. The second-order valence-electron chi connectivity index (χ2n) is 6.70. The second-order valence-corrected chi connectivity index (χ2v) is 6.70. The van der Waals surface area contributed by atoms with E-state index in [0.29, 0.717) is 12.0 Å². The molecule has 1 fully saturated rings. The summed E-state index contributed by atoms with van der Waals surface area (Å²) in [6, 6.07) is 13.0. The van der Waals surface area contributed by atoms with Gasteiger partial charge in [-0.15, -0.1) is 0 Å². The molecule has 1 aromatic heterocycles. The van der Waals surface area contributed by atoms with Crippen LogP contribution in [-0.4, -0.2) is 48.5 Å². The van der Waals surface area contributed by atoms with Crippen LogP contribution >= 0.6 is 0 Å². The molecule has 1 saturated heterocycles. The van der Waals surface area contributed by atoms with Gasteiger partial charge in [-0.3, -0.25) is 9.67 Å². The summed E-state index contributed by atoms with van der Waals surface area (Å²) >= 11 is 0. The van der Waals surface area contributed by atoms with Gasteiger partial charge in [-0.1, -0.05) is 25.1 Å². The van der Waals surface area contributed by atoms with E-state index in [1.54, 1.807) is 0 Å². The highest BCUT2D eigenvalue weighted by atomic mass is 15.3. The lowest BCUT2D eigenvalue weighted by Crippen LogP contribution is -2.46. The number of hydrogen-bond donors (Lipinski definition) is 2. The summed E-state index contributed by atoms with van der Waals surface area (Å²) in [6.45, 7) is 6.08. The Labute approximate surface area is 149 Å². The quantitative estimate of drug-likeness (QED) is 0.623. The number of guanidine groups is 1. The molecule has 3 rings (SSSR count). The van der Waals surface area contributed by atoms with Gasteiger partial charge in [-0.05, 0) is 30.5 Å².